The number of aromatic nitrogens is 1. The molecule has 0 saturated carbocycles. The number of hydrogen-bond donors (Lipinski definition) is 0. The van der Waals surface area contributed by atoms with E-state index >= 15 is 0 Å². The van der Waals surface area contributed by atoms with Gasteiger partial charge in [0, 0.05) is 37.8 Å². The molecule has 0 bridgehead atoms. The first-order valence-corrected chi connectivity index (χ1v) is 12.4. The largest absolute Gasteiger partial charge is 0.416 e. The maximum Gasteiger partial charge on any atom is 0.416 e. The van der Waals surface area contributed by atoms with E-state index in [1.54, 1.807) is 6.07 Å². The maximum absolute atomic E-state index is 14.1. The van der Waals surface area contributed by atoms with Crippen LogP contribution in [0.4, 0.5) is 32.8 Å². The molecule has 196 valence electrons. The summed E-state index contributed by atoms with van der Waals surface area (Å²) in [4.78, 5) is 31.1. The minimum absolute atomic E-state index is 0.0459. The zero-order valence-corrected chi connectivity index (χ0v) is 20.2. The molecule has 37 heavy (non-hydrogen) atoms. The van der Waals surface area contributed by atoms with Gasteiger partial charge in [0.05, 0.1) is 15.9 Å². The first-order valence-electron chi connectivity index (χ1n) is 11.6. The summed E-state index contributed by atoms with van der Waals surface area (Å²) >= 11 is 0.836. The monoisotopic (exact) mass is 540 g/mol. The smallest absolute Gasteiger partial charge is 0.348 e. The van der Waals surface area contributed by atoms with E-state index in [2.05, 4.69) is 9.88 Å². The number of hydrogen-bond acceptors (Lipinski definition) is 7. The van der Waals surface area contributed by atoms with Crippen LogP contribution in [0.1, 0.15) is 30.4 Å². The van der Waals surface area contributed by atoms with Crippen LogP contribution in [0.15, 0.2) is 35.1 Å². The van der Waals surface area contributed by atoms with E-state index in [1.807, 2.05) is 4.90 Å². The minimum Gasteiger partial charge on any atom is -0.348 e. The molecule has 1 aromatic heterocycles. The van der Waals surface area contributed by atoms with Crippen LogP contribution in [0.3, 0.4) is 0 Å². The summed E-state index contributed by atoms with van der Waals surface area (Å²) in [7, 11) is 0. The van der Waals surface area contributed by atoms with Gasteiger partial charge >= 0.3 is 6.18 Å². The van der Waals surface area contributed by atoms with Crippen LogP contribution in [-0.2, 0) is 12.7 Å². The first kappa shape index (κ1) is 25.5. The number of anilines is 1. The molecule has 0 atom stereocenters. The lowest BCUT2D eigenvalue weighted by Gasteiger charge is -2.39. The Labute approximate surface area is 211 Å². The molecule has 1 spiro atoms. The SMILES string of the molecule is O=c1nc(N2CCC3(CCN(Cc4cccc(F)c4F)C3)CC2)sc2c([N+](=O)[O-])cc(C(F)(F)F)cc12. The Bertz CT molecular complexity index is 1440. The lowest BCUT2D eigenvalue weighted by atomic mass is 9.78. The average molecular weight is 541 g/mol. The van der Waals surface area contributed by atoms with Crippen LogP contribution >= 0.6 is 11.3 Å². The molecular weight excluding hydrogens is 519 g/mol. The molecule has 0 N–H and O–H groups in total. The Kier molecular flexibility index (Phi) is 6.39. The lowest BCUT2D eigenvalue weighted by Crippen LogP contribution is -2.42. The number of nitro groups is 1. The second kappa shape index (κ2) is 9.28. The molecule has 0 radical (unpaired) electrons. The zero-order chi connectivity index (χ0) is 26.5. The molecule has 5 rings (SSSR count). The molecule has 2 fully saturated rings. The second-order valence-corrected chi connectivity index (χ2v) is 10.6. The van der Waals surface area contributed by atoms with Crippen LogP contribution in [0.25, 0.3) is 10.1 Å². The third-order valence-electron chi connectivity index (χ3n) is 7.25. The molecule has 0 unspecified atom stereocenters. The van der Waals surface area contributed by atoms with E-state index in [0.29, 0.717) is 43.9 Å². The zero-order valence-electron chi connectivity index (χ0n) is 19.4. The number of alkyl halides is 3. The molecule has 2 saturated heterocycles. The van der Waals surface area contributed by atoms with Crippen molar-refractivity contribution in [1.82, 2.24) is 9.88 Å². The summed E-state index contributed by atoms with van der Waals surface area (Å²) < 4.78 is 67.1. The number of piperidine rings is 1. The highest BCUT2D eigenvalue weighted by Gasteiger charge is 2.41. The molecule has 3 aromatic rings. The molecule has 2 aliphatic rings. The fourth-order valence-electron chi connectivity index (χ4n) is 5.23. The lowest BCUT2D eigenvalue weighted by molar-refractivity contribution is -0.383. The van der Waals surface area contributed by atoms with Crippen molar-refractivity contribution in [1.29, 1.82) is 0 Å². The first-order chi connectivity index (χ1) is 17.5. The fraction of sp³-hybridized carbons (Fsp3) is 0.417. The average Bonchev–Trinajstić information content (AvgIpc) is 3.23. The highest BCUT2D eigenvalue weighted by Crippen LogP contribution is 2.43. The van der Waals surface area contributed by atoms with E-state index in [1.165, 1.54) is 6.07 Å². The van der Waals surface area contributed by atoms with E-state index in [0.717, 1.165) is 43.2 Å². The molecule has 3 heterocycles. The van der Waals surface area contributed by atoms with E-state index in [4.69, 9.17) is 0 Å². The summed E-state index contributed by atoms with van der Waals surface area (Å²) in [6.45, 7) is 2.73. The van der Waals surface area contributed by atoms with Crippen molar-refractivity contribution in [2.45, 2.75) is 32.0 Å². The van der Waals surface area contributed by atoms with Gasteiger partial charge in [0.25, 0.3) is 11.2 Å². The predicted molar refractivity (Wildman–Crippen MR) is 128 cm³/mol. The summed E-state index contributed by atoms with van der Waals surface area (Å²) in [5, 5.41) is 11.3. The number of fused-ring (bicyclic) bond motifs is 1. The van der Waals surface area contributed by atoms with E-state index < -0.39 is 44.9 Å². The van der Waals surface area contributed by atoms with Gasteiger partial charge in [-0.05, 0) is 43.4 Å². The van der Waals surface area contributed by atoms with Gasteiger partial charge in [0.2, 0.25) is 0 Å². The Morgan fingerprint density at radius 3 is 2.49 bits per heavy atom. The van der Waals surface area contributed by atoms with Crippen LogP contribution in [0.5, 0.6) is 0 Å². The third kappa shape index (κ3) is 4.89. The van der Waals surface area contributed by atoms with Gasteiger partial charge < -0.3 is 4.90 Å². The third-order valence-corrected chi connectivity index (χ3v) is 8.42. The standard InChI is InChI=1S/C24H21F5N4O3S/c25-17-3-1-2-14(19(17)26)12-31-7-4-23(13-31)5-8-32(9-6-23)22-30-21(34)16-10-15(24(27,28)29)11-18(33(35)36)20(16)37-22/h1-3,10-11H,4-9,12-13H2. The fourth-order valence-corrected chi connectivity index (χ4v) is 6.35. The summed E-state index contributed by atoms with van der Waals surface area (Å²) in [5.41, 5.74) is -2.73. The predicted octanol–water partition coefficient (Wildman–Crippen LogP) is 5.35. The number of rotatable bonds is 4. The van der Waals surface area contributed by atoms with Gasteiger partial charge in [-0.1, -0.05) is 23.5 Å². The summed E-state index contributed by atoms with van der Waals surface area (Å²) in [6.07, 6.45) is -2.52. The molecule has 2 aromatic carbocycles. The highest BCUT2D eigenvalue weighted by atomic mass is 32.1. The molecule has 13 heteroatoms. The van der Waals surface area contributed by atoms with Crippen LogP contribution in [0, 0.1) is 27.2 Å². The number of nitrogens with zero attached hydrogens (tertiary/aromatic N) is 4. The second-order valence-electron chi connectivity index (χ2n) is 9.59. The number of nitro benzene ring substituents is 1. The van der Waals surface area contributed by atoms with Crippen molar-refractivity contribution in [3.8, 4) is 0 Å². The summed E-state index contributed by atoms with van der Waals surface area (Å²) in [6, 6.07) is 5.18. The Morgan fingerprint density at radius 1 is 1.11 bits per heavy atom. The van der Waals surface area contributed by atoms with Crippen molar-refractivity contribution in [2.24, 2.45) is 5.41 Å². The normalized spacial score (nSPS) is 18.1. The number of benzene rings is 2. The molecule has 0 amide bonds. The van der Waals surface area contributed by atoms with Crippen LogP contribution in [0.2, 0.25) is 0 Å². The van der Waals surface area contributed by atoms with Crippen molar-refractivity contribution < 1.29 is 26.9 Å². The topological polar surface area (TPSA) is 79.6 Å². The molecule has 0 aliphatic carbocycles. The van der Waals surface area contributed by atoms with Crippen molar-refractivity contribution in [3.63, 3.8) is 0 Å². The maximum atomic E-state index is 14.1. The Hall–Kier alpha value is -3.19. The number of likely N-dealkylation sites (tertiary alicyclic amines) is 1. The Balaban J connectivity index is 1.34. The van der Waals surface area contributed by atoms with Gasteiger partial charge in [0.15, 0.2) is 16.8 Å². The molecular formula is C24H21F5N4O3S. The van der Waals surface area contributed by atoms with Crippen LogP contribution in [-0.4, -0.2) is 41.0 Å². The number of non-ortho nitro benzene ring substituents is 1. The van der Waals surface area contributed by atoms with Gasteiger partial charge in [-0.2, -0.15) is 18.2 Å². The quantitative estimate of drug-likeness (QED) is 0.252. The molecule has 7 nitrogen and oxygen atoms in total. The van der Waals surface area contributed by atoms with Gasteiger partial charge in [-0.3, -0.25) is 19.8 Å². The molecule has 2 aliphatic heterocycles. The van der Waals surface area contributed by atoms with Crippen molar-refractivity contribution in [3.05, 3.63) is 73.6 Å². The van der Waals surface area contributed by atoms with E-state index in [9.17, 15) is 36.9 Å². The van der Waals surface area contributed by atoms with Crippen molar-refractivity contribution >= 4 is 32.2 Å². The highest BCUT2D eigenvalue weighted by molar-refractivity contribution is 7.22. The van der Waals surface area contributed by atoms with E-state index in [-0.39, 0.29) is 15.2 Å². The van der Waals surface area contributed by atoms with Gasteiger partial charge in [-0.15, -0.1) is 0 Å². The minimum atomic E-state index is -4.84. The van der Waals surface area contributed by atoms with Crippen molar-refractivity contribution in [2.75, 3.05) is 31.1 Å². The van der Waals surface area contributed by atoms with Crippen LogP contribution < -0.4 is 10.5 Å². The van der Waals surface area contributed by atoms with Gasteiger partial charge in [-0.25, -0.2) is 8.78 Å². The summed E-state index contributed by atoms with van der Waals surface area (Å²) in [5.74, 6) is -1.72. The number of halogens is 5. The Morgan fingerprint density at radius 2 is 1.81 bits per heavy atom. The van der Waals surface area contributed by atoms with Gasteiger partial charge in [0.1, 0.15) is 4.70 Å².